The number of nitrogens with zero attached hydrogens (tertiary/aromatic N) is 1. The minimum absolute atomic E-state index is 0.0249. The van der Waals surface area contributed by atoms with E-state index >= 15 is 0 Å². The molecule has 0 spiro atoms. The Morgan fingerprint density at radius 1 is 0.981 bits per heavy atom. The van der Waals surface area contributed by atoms with Gasteiger partial charge >= 0.3 is 5.97 Å². The number of aryl methyl sites for hydroxylation is 1. The van der Waals surface area contributed by atoms with E-state index in [4.69, 9.17) is 9.72 Å². The van der Waals surface area contributed by atoms with Gasteiger partial charge in [-0.1, -0.05) is 69.3 Å². The molecule has 1 amide bonds. The lowest BCUT2D eigenvalue weighted by Crippen LogP contribution is -2.62. The third-order valence-corrected chi connectivity index (χ3v) is 14.7. The number of benzene rings is 2. The maximum Gasteiger partial charge on any atom is 0.303 e. The molecule has 0 radical (unpaired) electrons. The van der Waals surface area contributed by atoms with Crippen molar-refractivity contribution >= 4 is 28.5 Å². The number of carbonyl (C=O) groups excluding carboxylic acids is 1. The zero-order valence-corrected chi connectivity index (χ0v) is 31.9. The fraction of sp³-hybridized carbons (Fsp3) is 0.614. The van der Waals surface area contributed by atoms with Crippen molar-refractivity contribution in [3.63, 3.8) is 0 Å². The Hall–Kier alpha value is -3.53. The van der Waals surface area contributed by atoms with Gasteiger partial charge in [0.15, 0.2) is 0 Å². The fourth-order valence-electron chi connectivity index (χ4n) is 11.9. The summed E-state index contributed by atoms with van der Waals surface area (Å²) in [6.07, 6.45) is 6.21. The zero-order chi connectivity index (χ0) is 37.5. The topological polar surface area (TPSA) is 141 Å². The predicted octanol–water partition coefficient (Wildman–Crippen LogP) is 7.37. The highest BCUT2D eigenvalue weighted by Gasteiger charge is 2.65. The summed E-state index contributed by atoms with van der Waals surface area (Å²) >= 11 is 0. The Morgan fingerprint density at radius 3 is 2.51 bits per heavy atom. The number of fused-ring (bicyclic) bond motifs is 6. The van der Waals surface area contributed by atoms with E-state index in [2.05, 4.69) is 43.5 Å². The number of aliphatic carboxylic acids is 1. The third-order valence-electron chi connectivity index (χ3n) is 14.7. The Labute approximate surface area is 314 Å². The molecule has 5 N–H and O–H groups in total. The van der Waals surface area contributed by atoms with Gasteiger partial charge in [-0.15, -0.1) is 0 Å². The number of carboxylic acids is 1. The van der Waals surface area contributed by atoms with E-state index in [-0.39, 0.29) is 58.9 Å². The number of para-hydroxylation sites is 1. The van der Waals surface area contributed by atoms with Gasteiger partial charge in [-0.05, 0) is 116 Å². The highest BCUT2D eigenvalue weighted by Crippen LogP contribution is 2.68. The van der Waals surface area contributed by atoms with Crippen LogP contribution in [0.1, 0.15) is 100 Å². The van der Waals surface area contributed by atoms with Gasteiger partial charge < -0.3 is 30.7 Å². The average Bonchev–Trinajstić information content (AvgIpc) is 3.50. The molecule has 11 atom stereocenters. The van der Waals surface area contributed by atoms with Crippen LogP contribution in [0.2, 0.25) is 0 Å². The highest BCUT2D eigenvalue weighted by molar-refractivity contribution is 6.08. The number of anilines is 1. The first-order valence-electron chi connectivity index (χ1n) is 20.1. The quantitative estimate of drug-likeness (QED) is 0.122. The van der Waals surface area contributed by atoms with Crippen molar-refractivity contribution in [1.82, 2.24) is 10.3 Å². The van der Waals surface area contributed by atoms with Crippen LogP contribution < -0.4 is 10.6 Å². The van der Waals surface area contributed by atoms with Gasteiger partial charge in [-0.25, -0.2) is 0 Å². The molecular formula is C44H59N3O6. The first-order chi connectivity index (χ1) is 25.4. The number of nitrogens with one attached hydrogen (secondary N) is 2. The molecule has 4 fully saturated rings. The van der Waals surface area contributed by atoms with Crippen molar-refractivity contribution in [3.8, 4) is 0 Å². The van der Waals surface area contributed by atoms with Crippen molar-refractivity contribution in [2.75, 3.05) is 18.5 Å². The number of aliphatic hydroxyl groups excluding tert-OH is 2. The Bertz CT molecular complexity index is 1790. The lowest BCUT2D eigenvalue weighted by molar-refractivity contribution is -0.209. The van der Waals surface area contributed by atoms with Gasteiger partial charge in [0.1, 0.15) is 0 Å². The summed E-state index contributed by atoms with van der Waals surface area (Å²) in [5, 5.41) is 40.6. The van der Waals surface area contributed by atoms with Gasteiger partial charge in [0.2, 0.25) is 0 Å². The number of carbonyl (C=O) groups is 2. The van der Waals surface area contributed by atoms with E-state index in [0.717, 1.165) is 60.7 Å². The number of carboxylic acid groups (broad SMARTS) is 1. The number of aliphatic hydroxyl groups is 2. The molecule has 2 aromatic carbocycles. The molecule has 4 saturated carbocycles. The van der Waals surface area contributed by atoms with E-state index in [1.54, 1.807) is 0 Å². The van der Waals surface area contributed by atoms with Crippen molar-refractivity contribution in [2.24, 2.45) is 46.3 Å². The standard InChI is InChI=1S/C44H59N3O6/c1-26(14-17-38(50)51)32-15-16-33-40-34(24-37(49)44(32,33)4)43(3)19-18-30(22-29(43)23-36(40)48)53-21-20-45-42(52)39-27(2)47-35-13-9-8-12-31(35)41(39)46-25-28-10-6-5-7-11-28/h5-13,26,29-30,32-34,36-37,40,48-49H,14-25H2,1-4H3,(H,45,52)(H,46,47)(H,50,51)/t26?,29?,30?,32-,33?,34?,36?,37?,40?,43?,44?/m1/s1. The summed E-state index contributed by atoms with van der Waals surface area (Å²) in [4.78, 5) is 29.8. The average molecular weight is 726 g/mol. The van der Waals surface area contributed by atoms with E-state index < -0.39 is 18.2 Å². The molecule has 7 rings (SSSR count). The Balaban J connectivity index is 0.967. The number of hydrogen-bond donors (Lipinski definition) is 5. The normalized spacial score (nSPS) is 34.1. The molecule has 1 aromatic heterocycles. The SMILES string of the molecule is Cc1nc2ccccc2c(NCc2ccccc2)c1C(=O)NCCOC1CCC2(C)C(C1)CC(O)C1C2CC(O)C2(C)C1CC[C@@H]2C(C)CCC(=O)O. The highest BCUT2D eigenvalue weighted by atomic mass is 16.5. The van der Waals surface area contributed by atoms with Crippen LogP contribution in [0.25, 0.3) is 10.9 Å². The van der Waals surface area contributed by atoms with Crippen LogP contribution in [0.5, 0.6) is 0 Å². The van der Waals surface area contributed by atoms with Crippen LogP contribution in [0.3, 0.4) is 0 Å². The third kappa shape index (κ3) is 7.09. The van der Waals surface area contributed by atoms with Crippen LogP contribution in [-0.2, 0) is 16.1 Å². The van der Waals surface area contributed by atoms with E-state index in [9.17, 15) is 24.9 Å². The minimum atomic E-state index is -0.762. The molecule has 1 heterocycles. The Kier molecular flexibility index (Phi) is 10.9. The molecule has 4 aliphatic carbocycles. The van der Waals surface area contributed by atoms with E-state index in [1.165, 1.54) is 0 Å². The number of hydrogen-bond acceptors (Lipinski definition) is 7. The lowest BCUT2D eigenvalue weighted by Gasteiger charge is -2.63. The van der Waals surface area contributed by atoms with Gasteiger partial charge in [-0.3, -0.25) is 14.6 Å². The van der Waals surface area contributed by atoms with E-state index in [1.807, 2.05) is 49.4 Å². The second kappa shape index (κ2) is 15.3. The Morgan fingerprint density at radius 2 is 1.74 bits per heavy atom. The smallest absolute Gasteiger partial charge is 0.303 e. The second-order valence-corrected chi connectivity index (χ2v) is 17.3. The van der Waals surface area contributed by atoms with Crippen molar-refractivity contribution in [1.29, 1.82) is 0 Å². The summed E-state index contributed by atoms with van der Waals surface area (Å²) < 4.78 is 6.44. The van der Waals surface area contributed by atoms with Crippen LogP contribution in [0, 0.1) is 53.3 Å². The molecule has 0 saturated heterocycles. The summed E-state index contributed by atoms with van der Waals surface area (Å²) in [6, 6.07) is 18.0. The molecule has 0 bridgehead atoms. The number of pyridine rings is 1. The zero-order valence-electron chi connectivity index (χ0n) is 31.9. The fourth-order valence-corrected chi connectivity index (χ4v) is 11.9. The summed E-state index contributed by atoms with van der Waals surface area (Å²) in [6.45, 7) is 10.0. The molecule has 9 nitrogen and oxygen atoms in total. The predicted molar refractivity (Wildman–Crippen MR) is 206 cm³/mol. The van der Waals surface area contributed by atoms with Crippen molar-refractivity contribution < 1.29 is 29.6 Å². The maximum atomic E-state index is 13.7. The molecule has 53 heavy (non-hydrogen) atoms. The summed E-state index contributed by atoms with van der Waals surface area (Å²) in [7, 11) is 0. The van der Waals surface area contributed by atoms with Gasteiger partial charge in [0.05, 0.1) is 47.4 Å². The largest absolute Gasteiger partial charge is 0.481 e. The molecular weight excluding hydrogens is 666 g/mol. The molecule has 4 aliphatic rings. The van der Waals surface area contributed by atoms with Gasteiger partial charge in [0, 0.05) is 24.9 Å². The maximum absolute atomic E-state index is 13.7. The molecule has 10 unspecified atom stereocenters. The van der Waals surface area contributed by atoms with Crippen LogP contribution in [0.4, 0.5) is 5.69 Å². The van der Waals surface area contributed by atoms with Crippen LogP contribution >= 0.6 is 0 Å². The van der Waals surface area contributed by atoms with Crippen LogP contribution in [0.15, 0.2) is 54.6 Å². The van der Waals surface area contributed by atoms with E-state index in [0.29, 0.717) is 49.7 Å². The number of aromatic nitrogens is 1. The van der Waals surface area contributed by atoms with Gasteiger partial charge in [-0.2, -0.15) is 0 Å². The molecule has 9 heteroatoms. The van der Waals surface area contributed by atoms with Crippen LogP contribution in [-0.4, -0.2) is 63.6 Å². The lowest BCUT2D eigenvalue weighted by atomic mass is 9.43. The van der Waals surface area contributed by atoms with Gasteiger partial charge in [0.25, 0.3) is 5.91 Å². The second-order valence-electron chi connectivity index (χ2n) is 17.3. The number of ether oxygens (including phenoxy) is 1. The first-order valence-corrected chi connectivity index (χ1v) is 20.1. The molecule has 286 valence electrons. The molecule has 0 aliphatic heterocycles. The molecule has 3 aromatic rings. The van der Waals surface area contributed by atoms with Crippen molar-refractivity contribution in [3.05, 3.63) is 71.4 Å². The monoisotopic (exact) mass is 725 g/mol. The number of rotatable bonds is 12. The summed E-state index contributed by atoms with van der Waals surface area (Å²) in [5.41, 5.74) is 3.70. The summed E-state index contributed by atoms with van der Waals surface area (Å²) in [5.74, 6) is 0.515. The number of amides is 1. The van der Waals surface area contributed by atoms with Crippen molar-refractivity contribution in [2.45, 2.75) is 110 Å². The minimum Gasteiger partial charge on any atom is -0.481 e. The first kappa shape index (κ1) is 37.8.